The van der Waals surface area contributed by atoms with E-state index in [1.54, 1.807) is 24.3 Å². The first kappa shape index (κ1) is 22.1. The van der Waals surface area contributed by atoms with Crippen LogP contribution >= 0.6 is 0 Å². The van der Waals surface area contributed by atoms with Gasteiger partial charge in [-0.05, 0) is 30.5 Å². The zero-order chi connectivity index (χ0) is 18.4. The third-order valence-electron chi connectivity index (χ3n) is 4.37. The van der Waals surface area contributed by atoms with Gasteiger partial charge in [-0.3, -0.25) is 14.4 Å². The average Bonchev–Trinajstić information content (AvgIpc) is 2.54. The van der Waals surface area contributed by atoms with Gasteiger partial charge in [-0.2, -0.15) is 0 Å². The minimum absolute atomic E-state index is 0. The molecule has 0 atom stereocenters. The molecule has 0 radical (unpaired) electrons. The van der Waals surface area contributed by atoms with E-state index in [-0.39, 0.29) is 55.0 Å². The van der Waals surface area contributed by atoms with Gasteiger partial charge in [0.2, 0.25) is 11.8 Å². The second-order valence-electron chi connectivity index (χ2n) is 6.22. The van der Waals surface area contributed by atoms with E-state index in [0.29, 0.717) is 18.4 Å². The van der Waals surface area contributed by atoms with E-state index >= 15 is 0 Å². The Morgan fingerprint density at radius 2 is 1.69 bits per heavy atom. The van der Waals surface area contributed by atoms with Crippen molar-refractivity contribution in [2.24, 2.45) is 11.1 Å². The number of amides is 3. The summed E-state index contributed by atoms with van der Waals surface area (Å²) in [5.41, 5.74) is 5.05. The van der Waals surface area contributed by atoms with Crippen LogP contribution in [0.1, 0.15) is 41.6 Å². The SMILES string of the molecule is NC(=O)CNC(=O)c1ccc(CNC(=O)CC2(C(=O)[O-])CCC2)cc1.[Na+]. The molecule has 1 aromatic rings. The van der Waals surface area contributed by atoms with E-state index in [4.69, 9.17) is 5.73 Å². The molecule has 0 saturated heterocycles. The first-order valence-electron chi connectivity index (χ1n) is 7.96. The van der Waals surface area contributed by atoms with Crippen molar-refractivity contribution < 1.29 is 53.8 Å². The van der Waals surface area contributed by atoms with Crippen molar-refractivity contribution >= 4 is 23.7 Å². The molecule has 1 fully saturated rings. The number of carbonyl (C=O) groups excluding carboxylic acids is 4. The van der Waals surface area contributed by atoms with Gasteiger partial charge in [-0.25, -0.2) is 0 Å². The molecule has 1 aliphatic carbocycles. The van der Waals surface area contributed by atoms with Crippen LogP contribution in [0.15, 0.2) is 24.3 Å². The summed E-state index contributed by atoms with van der Waals surface area (Å²) in [6, 6.07) is 6.45. The fourth-order valence-corrected chi connectivity index (χ4v) is 2.67. The van der Waals surface area contributed by atoms with Gasteiger partial charge in [0.1, 0.15) is 0 Å². The fraction of sp³-hybridized carbons (Fsp3) is 0.412. The molecule has 1 saturated carbocycles. The number of primary amides is 1. The molecule has 0 unspecified atom stereocenters. The van der Waals surface area contributed by atoms with E-state index in [1.165, 1.54) is 0 Å². The molecular formula is C17H20N3NaO5. The van der Waals surface area contributed by atoms with Crippen molar-refractivity contribution in [2.45, 2.75) is 32.2 Å². The van der Waals surface area contributed by atoms with Gasteiger partial charge in [-0.1, -0.05) is 18.6 Å². The van der Waals surface area contributed by atoms with Crippen molar-refractivity contribution in [1.29, 1.82) is 0 Å². The Bertz CT molecular complexity index is 686. The van der Waals surface area contributed by atoms with Crippen molar-refractivity contribution in [3.8, 4) is 0 Å². The molecule has 0 aromatic heterocycles. The second-order valence-corrected chi connectivity index (χ2v) is 6.22. The van der Waals surface area contributed by atoms with Crippen LogP contribution < -0.4 is 51.0 Å². The molecule has 8 nitrogen and oxygen atoms in total. The van der Waals surface area contributed by atoms with Crippen LogP contribution in [0.3, 0.4) is 0 Å². The summed E-state index contributed by atoms with van der Waals surface area (Å²) in [4.78, 5) is 45.5. The number of hydrogen-bond acceptors (Lipinski definition) is 5. The van der Waals surface area contributed by atoms with E-state index in [1.807, 2.05) is 0 Å². The summed E-state index contributed by atoms with van der Waals surface area (Å²) < 4.78 is 0. The monoisotopic (exact) mass is 369 g/mol. The van der Waals surface area contributed by atoms with Crippen molar-refractivity contribution in [3.05, 3.63) is 35.4 Å². The van der Waals surface area contributed by atoms with Crippen LogP contribution in [0.2, 0.25) is 0 Å². The molecule has 134 valence electrons. The average molecular weight is 369 g/mol. The molecule has 1 aliphatic rings. The van der Waals surface area contributed by atoms with Crippen LogP contribution in [-0.4, -0.2) is 30.2 Å². The third kappa shape index (κ3) is 5.82. The van der Waals surface area contributed by atoms with E-state index in [2.05, 4.69) is 10.6 Å². The molecule has 4 N–H and O–H groups in total. The zero-order valence-corrected chi connectivity index (χ0v) is 16.7. The molecule has 3 amide bonds. The quantitative estimate of drug-likeness (QED) is 0.399. The standard InChI is InChI=1S/C17H21N3O5.Na/c18-13(21)10-20-15(23)12-4-2-11(3-5-12)9-19-14(22)8-17(16(24)25)6-1-7-17;/h2-5H,1,6-10H2,(H2,18,21)(H,19,22)(H,20,23)(H,24,25);/q;+1/p-1. The third-order valence-corrected chi connectivity index (χ3v) is 4.37. The number of rotatable bonds is 8. The first-order chi connectivity index (χ1) is 11.8. The molecule has 2 rings (SSSR count). The number of nitrogens with one attached hydrogen (secondary N) is 2. The van der Waals surface area contributed by atoms with Crippen molar-refractivity contribution in [2.75, 3.05) is 6.54 Å². The van der Waals surface area contributed by atoms with Crippen LogP contribution in [0.5, 0.6) is 0 Å². The Morgan fingerprint density at radius 1 is 1.08 bits per heavy atom. The first-order valence-corrected chi connectivity index (χ1v) is 7.96. The Balaban J connectivity index is 0.00000338. The molecular weight excluding hydrogens is 349 g/mol. The molecule has 9 heteroatoms. The van der Waals surface area contributed by atoms with Gasteiger partial charge in [0, 0.05) is 29.9 Å². The van der Waals surface area contributed by atoms with Crippen LogP contribution in [0, 0.1) is 5.41 Å². The molecule has 0 bridgehead atoms. The fourth-order valence-electron chi connectivity index (χ4n) is 2.67. The van der Waals surface area contributed by atoms with Crippen LogP contribution in [0.25, 0.3) is 0 Å². The van der Waals surface area contributed by atoms with E-state index in [9.17, 15) is 24.3 Å². The van der Waals surface area contributed by atoms with Crippen molar-refractivity contribution in [3.63, 3.8) is 0 Å². The van der Waals surface area contributed by atoms with Crippen LogP contribution in [0.4, 0.5) is 0 Å². The van der Waals surface area contributed by atoms with E-state index < -0.39 is 23.2 Å². The predicted octanol–water partition coefficient (Wildman–Crippen LogP) is -4.17. The van der Waals surface area contributed by atoms with Crippen LogP contribution in [-0.2, 0) is 20.9 Å². The zero-order valence-electron chi connectivity index (χ0n) is 14.7. The number of carboxylic acid groups (broad SMARTS) is 1. The Kier molecular flexibility index (Phi) is 8.26. The van der Waals surface area contributed by atoms with E-state index in [0.717, 1.165) is 12.0 Å². The summed E-state index contributed by atoms with van der Waals surface area (Å²) in [5, 5.41) is 16.2. The molecule has 0 heterocycles. The van der Waals surface area contributed by atoms with Crippen molar-refractivity contribution in [1.82, 2.24) is 10.6 Å². The van der Waals surface area contributed by atoms with Gasteiger partial charge >= 0.3 is 29.6 Å². The summed E-state index contributed by atoms with van der Waals surface area (Å²) in [7, 11) is 0. The number of benzene rings is 1. The summed E-state index contributed by atoms with van der Waals surface area (Å²) >= 11 is 0. The van der Waals surface area contributed by atoms with Gasteiger partial charge in [0.25, 0.3) is 5.91 Å². The number of nitrogens with two attached hydrogens (primary N) is 1. The number of hydrogen-bond donors (Lipinski definition) is 3. The summed E-state index contributed by atoms with van der Waals surface area (Å²) in [5.74, 6) is -2.56. The van der Waals surface area contributed by atoms with Gasteiger partial charge < -0.3 is 26.3 Å². The normalized spacial score (nSPS) is 14.3. The number of carboxylic acids is 1. The number of aliphatic carboxylic acids is 1. The number of carbonyl (C=O) groups is 4. The largest absolute Gasteiger partial charge is 1.00 e. The topological polar surface area (TPSA) is 141 Å². The second kappa shape index (κ2) is 9.70. The molecule has 1 aromatic carbocycles. The smallest absolute Gasteiger partial charge is 0.550 e. The Hall–Kier alpha value is -1.90. The summed E-state index contributed by atoms with van der Waals surface area (Å²) in [6.45, 7) is -0.0119. The summed E-state index contributed by atoms with van der Waals surface area (Å²) in [6.07, 6.45) is 1.65. The minimum Gasteiger partial charge on any atom is -0.550 e. The maximum atomic E-state index is 11.9. The van der Waals surface area contributed by atoms with Gasteiger partial charge in [0.15, 0.2) is 0 Å². The Labute approximate surface area is 173 Å². The van der Waals surface area contributed by atoms with Gasteiger partial charge in [-0.15, -0.1) is 0 Å². The maximum Gasteiger partial charge on any atom is 1.00 e. The maximum absolute atomic E-state index is 11.9. The van der Waals surface area contributed by atoms with Gasteiger partial charge in [0.05, 0.1) is 6.54 Å². The predicted molar refractivity (Wildman–Crippen MR) is 85.7 cm³/mol. The molecule has 0 spiro atoms. The molecule has 26 heavy (non-hydrogen) atoms. The minimum atomic E-state index is -1.17. The molecule has 0 aliphatic heterocycles. The Morgan fingerprint density at radius 3 is 2.15 bits per heavy atom.